The first-order valence-electron chi connectivity index (χ1n) is 6.98. The van der Waals surface area contributed by atoms with E-state index in [0.717, 1.165) is 19.3 Å². The van der Waals surface area contributed by atoms with Crippen molar-refractivity contribution in [3.63, 3.8) is 0 Å². The predicted molar refractivity (Wildman–Crippen MR) is 79.7 cm³/mol. The van der Waals surface area contributed by atoms with Gasteiger partial charge in [-0.3, -0.25) is 9.59 Å². The third-order valence-corrected chi connectivity index (χ3v) is 4.40. The summed E-state index contributed by atoms with van der Waals surface area (Å²) in [5.41, 5.74) is 5.53. The second-order valence-electron chi connectivity index (χ2n) is 5.13. The van der Waals surface area contributed by atoms with Crippen molar-refractivity contribution in [2.24, 2.45) is 5.73 Å². The molecule has 2 atom stereocenters. The van der Waals surface area contributed by atoms with Crippen molar-refractivity contribution in [3.8, 4) is 0 Å². The smallest absolute Gasteiger partial charge is 0.264 e. The fourth-order valence-corrected chi connectivity index (χ4v) is 3.07. The Bertz CT molecular complexity index is 461. The number of amides is 2. The number of carbonyl (C=O) groups is 2. The van der Waals surface area contributed by atoms with Crippen LogP contribution < -0.4 is 11.1 Å². The lowest BCUT2D eigenvalue weighted by molar-refractivity contribution is -0.127. The molecular weight excluding hydrogens is 274 g/mol. The number of nitrogens with one attached hydrogen (secondary N) is 1. The molecule has 1 fully saturated rings. The van der Waals surface area contributed by atoms with Crippen LogP contribution in [0.4, 0.5) is 0 Å². The van der Waals surface area contributed by atoms with Crippen LogP contribution in [-0.4, -0.2) is 41.9 Å². The van der Waals surface area contributed by atoms with Gasteiger partial charge < -0.3 is 16.0 Å². The monoisotopic (exact) mass is 295 g/mol. The minimum Gasteiger partial charge on any atom is -0.351 e. The normalized spacial score (nSPS) is 20.5. The second kappa shape index (κ2) is 6.85. The zero-order valence-corrected chi connectivity index (χ0v) is 12.5. The van der Waals surface area contributed by atoms with E-state index in [2.05, 4.69) is 5.32 Å². The molecule has 3 N–H and O–H groups in total. The summed E-state index contributed by atoms with van der Waals surface area (Å²) < 4.78 is 0. The van der Waals surface area contributed by atoms with Crippen LogP contribution in [0.15, 0.2) is 17.5 Å². The molecule has 1 aliphatic rings. The Hall–Kier alpha value is -1.40. The van der Waals surface area contributed by atoms with E-state index in [1.54, 1.807) is 11.0 Å². The van der Waals surface area contributed by atoms with Crippen LogP contribution in [0.25, 0.3) is 0 Å². The zero-order chi connectivity index (χ0) is 14.5. The molecule has 0 spiro atoms. The molecule has 0 bridgehead atoms. The molecule has 0 aromatic carbocycles. The van der Waals surface area contributed by atoms with Gasteiger partial charge >= 0.3 is 0 Å². The van der Waals surface area contributed by atoms with Gasteiger partial charge in [0.15, 0.2) is 0 Å². The van der Waals surface area contributed by atoms with Gasteiger partial charge in [0.2, 0.25) is 5.91 Å². The van der Waals surface area contributed by atoms with Gasteiger partial charge in [-0.25, -0.2) is 0 Å². The van der Waals surface area contributed by atoms with Crippen molar-refractivity contribution < 1.29 is 9.59 Å². The van der Waals surface area contributed by atoms with E-state index in [0.29, 0.717) is 18.0 Å². The Kier molecular flexibility index (Phi) is 5.14. The van der Waals surface area contributed by atoms with E-state index in [4.69, 9.17) is 5.73 Å². The van der Waals surface area contributed by atoms with E-state index >= 15 is 0 Å². The standard InChI is InChI=1S/C14H21N3O2S/c1-10(9-15)16-13(18)11-5-2-3-7-17(11)14(19)12-6-4-8-20-12/h4,6,8,10-11H,2-3,5,7,9,15H2,1H3,(H,16,18)/t10-,11?/m0/s1. The van der Waals surface area contributed by atoms with Crippen LogP contribution in [-0.2, 0) is 4.79 Å². The molecule has 1 saturated heterocycles. The quantitative estimate of drug-likeness (QED) is 0.876. The Morgan fingerprint density at radius 3 is 3.00 bits per heavy atom. The van der Waals surface area contributed by atoms with Crippen LogP contribution in [0.1, 0.15) is 35.9 Å². The van der Waals surface area contributed by atoms with E-state index in [1.165, 1.54) is 11.3 Å². The molecule has 1 aliphatic heterocycles. The third-order valence-electron chi connectivity index (χ3n) is 3.54. The highest BCUT2D eigenvalue weighted by Crippen LogP contribution is 2.21. The highest BCUT2D eigenvalue weighted by Gasteiger charge is 2.33. The topological polar surface area (TPSA) is 75.4 Å². The maximum Gasteiger partial charge on any atom is 0.264 e. The Morgan fingerprint density at radius 2 is 2.35 bits per heavy atom. The Labute approximate surface area is 123 Å². The largest absolute Gasteiger partial charge is 0.351 e. The minimum atomic E-state index is -0.368. The predicted octanol–water partition coefficient (Wildman–Crippen LogP) is 1.21. The minimum absolute atomic E-state index is 0.0414. The molecule has 0 radical (unpaired) electrons. The van der Waals surface area contributed by atoms with Gasteiger partial charge in [0.1, 0.15) is 6.04 Å². The molecule has 0 aliphatic carbocycles. The lowest BCUT2D eigenvalue weighted by Crippen LogP contribution is -2.54. The van der Waals surface area contributed by atoms with Crippen molar-refractivity contribution in [1.82, 2.24) is 10.2 Å². The van der Waals surface area contributed by atoms with E-state index in [9.17, 15) is 9.59 Å². The lowest BCUT2D eigenvalue weighted by Gasteiger charge is -2.35. The molecule has 2 amide bonds. The van der Waals surface area contributed by atoms with E-state index in [1.807, 2.05) is 18.4 Å². The maximum absolute atomic E-state index is 12.5. The fourth-order valence-electron chi connectivity index (χ4n) is 2.39. The van der Waals surface area contributed by atoms with Crippen molar-refractivity contribution in [2.75, 3.05) is 13.1 Å². The Balaban J connectivity index is 2.09. The molecule has 1 aromatic rings. The number of nitrogens with two attached hydrogens (primary N) is 1. The van der Waals surface area contributed by atoms with Crippen molar-refractivity contribution in [3.05, 3.63) is 22.4 Å². The molecule has 0 saturated carbocycles. The lowest BCUT2D eigenvalue weighted by atomic mass is 10.0. The first kappa shape index (κ1) is 15.0. The highest BCUT2D eigenvalue weighted by atomic mass is 32.1. The number of nitrogens with zero attached hydrogens (tertiary/aromatic N) is 1. The average molecular weight is 295 g/mol. The van der Waals surface area contributed by atoms with Gasteiger partial charge in [-0.05, 0) is 37.6 Å². The molecular formula is C14H21N3O2S. The second-order valence-corrected chi connectivity index (χ2v) is 6.08. The molecule has 1 unspecified atom stereocenters. The van der Waals surface area contributed by atoms with Crippen molar-refractivity contribution in [2.45, 2.75) is 38.3 Å². The van der Waals surface area contributed by atoms with Crippen LogP contribution in [0, 0.1) is 0 Å². The van der Waals surface area contributed by atoms with E-state index < -0.39 is 0 Å². The number of likely N-dealkylation sites (tertiary alicyclic amines) is 1. The first-order chi connectivity index (χ1) is 9.63. The Morgan fingerprint density at radius 1 is 1.55 bits per heavy atom. The molecule has 2 rings (SSSR count). The van der Waals surface area contributed by atoms with E-state index in [-0.39, 0.29) is 23.9 Å². The summed E-state index contributed by atoms with van der Waals surface area (Å²) in [5, 5.41) is 4.75. The van der Waals surface area contributed by atoms with Gasteiger partial charge in [-0.1, -0.05) is 6.07 Å². The number of piperidine rings is 1. The van der Waals surface area contributed by atoms with Gasteiger partial charge in [0.25, 0.3) is 5.91 Å². The van der Waals surface area contributed by atoms with Crippen molar-refractivity contribution in [1.29, 1.82) is 0 Å². The summed E-state index contributed by atoms with van der Waals surface area (Å²) >= 11 is 1.41. The maximum atomic E-state index is 12.5. The molecule has 110 valence electrons. The summed E-state index contributed by atoms with van der Waals surface area (Å²) in [7, 11) is 0. The summed E-state index contributed by atoms with van der Waals surface area (Å²) in [4.78, 5) is 27.2. The van der Waals surface area contributed by atoms with Crippen LogP contribution >= 0.6 is 11.3 Å². The summed E-state index contributed by atoms with van der Waals surface area (Å²) in [6.07, 6.45) is 2.65. The highest BCUT2D eigenvalue weighted by molar-refractivity contribution is 7.12. The molecule has 2 heterocycles. The van der Waals surface area contributed by atoms with Crippen LogP contribution in [0.3, 0.4) is 0 Å². The van der Waals surface area contributed by atoms with Gasteiger partial charge in [0, 0.05) is 19.1 Å². The van der Waals surface area contributed by atoms with Gasteiger partial charge in [-0.15, -0.1) is 11.3 Å². The molecule has 6 heteroatoms. The number of hydrogen-bond donors (Lipinski definition) is 2. The summed E-state index contributed by atoms with van der Waals surface area (Å²) in [6.45, 7) is 2.91. The van der Waals surface area contributed by atoms with Gasteiger partial charge in [0.05, 0.1) is 4.88 Å². The molecule has 20 heavy (non-hydrogen) atoms. The van der Waals surface area contributed by atoms with Crippen molar-refractivity contribution >= 4 is 23.2 Å². The molecule has 1 aromatic heterocycles. The average Bonchev–Trinajstić information content (AvgIpc) is 3.00. The summed E-state index contributed by atoms with van der Waals surface area (Å²) in [5.74, 6) is -0.132. The van der Waals surface area contributed by atoms with Crippen LogP contribution in [0.2, 0.25) is 0 Å². The fraction of sp³-hybridized carbons (Fsp3) is 0.571. The first-order valence-corrected chi connectivity index (χ1v) is 7.86. The summed E-state index contributed by atoms with van der Waals surface area (Å²) in [6, 6.07) is 3.22. The third kappa shape index (κ3) is 3.37. The zero-order valence-electron chi connectivity index (χ0n) is 11.7. The van der Waals surface area contributed by atoms with Crippen LogP contribution in [0.5, 0.6) is 0 Å². The molecule has 5 nitrogen and oxygen atoms in total. The SMILES string of the molecule is C[C@@H](CN)NC(=O)C1CCCCN1C(=O)c1cccs1. The van der Waals surface area contributed by atoms with Gasteiger partial charge in [-0.2, -0.15) is 0 Å². The number of rotatable bonds is 4. The number of carbonyl (C=O) groups excluding carboxylic acids is 2. The number of thiophene rings is 1. The number of hydrogen-bond acceptors (Lipinski definition) is 4.